The predicted octanol–water partition coefficient (Wildman–Crippen LogP) is 4.17. The van der Waals surface area contributed by atoms with Gasteiger partial charge < -0.3 is 5.32 Å². The van der Waals surface area contributed by atoms with Crippen LogP contribution in [0, 0.1) is 6.92 Å². The van der Waals surface area contributed by atoms with Crippen LogP contribution in [0.3, 0.4) is 0 Å². The van der Waals surface area contributed by atoms with Crippen molar-refractivity contribution >= 4 is 11.3 Å². The van der Waals surface area contributed by atoms with E-state index < -0.39 is 0 Å². The third kappa shape index (κ3) is 4.90. The highest BCUT2D eigenvalue weighted by molar-refractivity contribution is 7.12. The van der Waals surface area contributed by atoms with Crippen molar-refractivity contribution in [1.82, 2.24) is 10.2 Å². The van der Waals surface area contributed by atoms with E-state index in [1.54, 1.807) is 0 Å². The molecule has 3 heteroatoms. The third-order valence-electron chi connectivity index (χ3n) is 4.06. The first kappa shape index (κ1) is 16.7. The van der Waals surface area contributed by atoms with Gasteiger partial charge in [0.2, 0.25) is 0 Å². The van der Waals surface area contributed by atoms with Gasteiger partial charge in [-0.05, 0) is 45.9 Å². The van der Waals surface area contributed by atoms with Crippen LogP contribution in [0.4, 0.5) is 0 Å². The lowest BCUT2D eigenvalue weighted by Crippen LogP contribution is -2.39. The van der Waals surface area contributed by atoms with Gasteiger partial charge in [0.25, 0.3) is 0 Å². The van der Waals surface area contributed by atoms with Crippen molar-refractivity contribution in [3.05, 3.63) is 21.4 Å². The summed E-state index contributed by atoms with van der Waals surface area (Å²) in [4.78, 5) is 5.37. The summed E-state index contributed by atoms with van der Waals surface area (Å²) in [5.74, 6) is 0. The maximum atomic E-state index is 3.49. The normalized spacial score (nSPS) is 12.7. The number of nitrogens with zero attached hydrogens (tertiary/aromatic N) is 1. The molecule has 0 bridgehead atoms. The first-order chi connectivity index (χ1) is 8.76. The van der Waals surface area contributed by atoms with Gasteiger partial charge in [-0.25, -0.2) is 0 Å². The fourth-order valence-corrected chi connectivity index (χ4v) is 2.88. The molecule has 19 heavy (non-hydrogen) atoms. The van der Waals surface area contributed by atoms with Gasteiger partial charge in [-0.2, -0.15) is 0 Å². The Morgan fingerprint density at radius 2 is 2.00 bits per heavy atom. The second-order valence-electron chi connectivity index (χ2n) is 6.35. The van der Waals surface area contributed by atoms with E-state index in [-0.39, 0.29) is 5.54 Å². The Bertz CT molecular complexity index is 393. The predicted molar refractivity (Wildman–Crippen MR) is 86.9 cm³/mol. The Morgan fingerprint density at radius 1 is 1.37 bits per heavy atom. The molecule has 1 N–H and O–H groups in total. The van der Waals surface area contributed by atoms with Crippen LogP contribution in [-0.4, -0.2) is 23.5 Å². The van der Waals surface area contributed by atoms with E-state index in [1.165, 1.54) is 21.7 Å². The van der Waals surface area contributed by atoms with Crippen LogP contribution in [0.5, 0.6) is 0 Å². The zero-order chi connectivity index (χ0) is 14.6. The van der Waals surface area contributed by atoms with Gasteiger partial charge in [-0.15, -0.1) is 11.3 Å². The molecule has 0 fully saturated rings. The van der Waals surface area contributed by atoms with E-state index in [9.17, 15) is 0 Å². The topological polar surface area (TPSA) is 15.3 Å². The number of hydrogen-bond donors (Lipinski definition) is 1. The molecule has 2 nitrogen and oxygen atoms in total. The van der Waals surface area contributed by atoms with Crippen molar-refractivity contribution in [2.75, 3.05) is 7.05 Å². The Kier molecular flexibility index (Phi) is 6.03. The molecule has 0 radical (unpaired) electrons. The van der Waals surface area contributed by atoms with Crippen molar-refractivity contribution < 1.29 is 0 Å². The third-order valence-corrected chi connectivity index (χ3v) is 5.16. The summed E-state index contributed by atoms with van der Waals surface area (Å²) in [6.07, 6.45) is 1.18. The van der Waals surface area contributed by atoms with Crippen LogP contribution >= 0.6 is 11.3 Å². The number of aryl methyl sites for hydroxylation is 1. The second kappa shape index (κ2) is 6.87. The highest BCUT2D eigenvalue weighted by atomic mass is 32.1. The average molecular weight is 282 g/mol. The Balaban J connectivity index is 2.69. The fourth-order valence-electron chi connectivity index (χ4n) is 1.88. The molecule has 110 valence electrons. The molecule has 0 amide bonds. The van der Waals surface area contributed by atoms with Crippen LogP contribution in [0.15, 0.2) is 6.07 Å². The van der Waals surface area contributed by atoms with Crippen LogP contribution < -0.4 is 5.32 Å². The molecule has 0 aromatic carbocycles. The zero-order valence-corrected chi connectivity index (χ0v) is 14.4. The second-order valence-corrected chi connectivity index (χ2v) is 7.69. The monoisotopic (exact) mass is 282 g/mol. The molecule has 1 aromatic rings. The van der Waals surface area contributed by atoms with Crippen molar-refractivity contribution in [1.29, 1.82) is 0 Å². The summed E-state index contributed by atoms with van der Waals surface area (Å²) in [5.41, 5.74) is 1.75. The molecule has 0 saturated heterocycles. The maximum absolute atomic E-state index is 3.49. The first-order valence-corrected chi connectivity index (χ1v) is 8.10. The molecule has 1 aromatic heterocycles. The molecular weight excluding hydrogens is 252 g/mol. The Morgan fingerprint density at radius 3 is 2.53 bits per heavy atom. The fraction of sp³-hybridized carbons (Fsp3) is 0.750. The minimum Gasteiger partial charge on any atom is -0.310 e. The average Bonchev–Trinajstić information content (AvgIpc) is 2.67. The van der Waals surface area contributed by atoms with E-state index >= 15 is 0 Å². The molecule has 0 saturated carbocycles. The Hall–Kier alpha value is -0.380. The quantitative estimate of drug-likeness (QED) is 0.807. The molecule has 0 atom stereocenters. The number of rotatable bonds is 7. The molecule has 1 heterocycles. The number of thiophene rings is 1. The van der Waals surface area contributed by atoms with E-state index in [2.05, 4.69) is 64.9 Å². The van der Waals surface area contributed by atoms with Crippen LogP contribution in [-0.2, 0) is 13.1 Å². The largest absolute Gasteiger partial charge is 0.310 e. The van der Waals surface area contributed by atoms with Crippen LogP contribution in [0.25, 0.3) is 0 Å². The SMILES string of the molecule is CCC(C)(C)N(C)Cc1cc(CNC(C)C)sc1C. The zero-order valence-electron chi connectivity index (χ0n) is 13.6. The van der Waals surface area contributed by atoms with Crippen LogP contribution in [0.2, 0.25) is 0 Å². The number of hydrogen-bond acceptors (Lipinski definition) is 3. The number of nitrogens with one attached hydrogen (secondary N) is 1. The van der Waals surface area contributed by atoms with Crippen molar-refractivity contribution in [2.24, 2.45) is 0 Å². The first-order valence-electron chi connectivity index (χ1n) is 7.29. The van der Waals surface area contributed by atoms with E-state index in [0.717, 1.165) is 13.1 Å². The molecule has 1 rings (SSSR count). The molecule has 0 aliphatic rings. The van der Waals surface area contributed by atoms with Gasteiger partial charge >= 0.3 is 0 Å². The Labute approximate surface area is 123 Å². The molecule has 0 spiro atoms. The highest BCUT2D eigenvalue weighted by Crippen LogP contribution is 2.26. The summed E-state index contributed by atoms with van der Waals surface area (Å²) in [7, 11) is 2.23. The lowest BCUT2D eigenvalue weighted by molar-refractivity contribution is 0.143. The molecule has 0 unspecified atom stereocenters. The summed E-state index contributed by atoms with van der Waals surface area (Å²) >= 11 is 1.93. The van der Waals surface area contributed by atoms with E-state index in [4.69, 9.17) is 0 Å². The van der Waals surface area contributed by atoms with Crippen molar-refractivity contribution in [3.63, 3.8) is 0 Å². The minimum atomic E-state index is 0.269. The van der Waals surface area contributed by atoms with E-state index in [0.29, 0.717) is 6.04 Å². The molecular formula is C16H30N2S. The van der Waals surface area contributed by atoms with Gasteiger partial charge in [0, 0.05) is 34.4 Å². The summed E-state index contributed by atoms with van der Waals surface area (Å²) < 4.78 is 0. The van der Waals surface area contributed by atoms with Gasteiger partial charge in [0.1, 0.15) is 0 Å². The summed E-state index contributed by atoms with van der Waals surface area (Å²) in [5, 5.41) is 3.49. The minimum absolute atomic E-state index is 0.269. The van der Waals surface area contributed by atoms with Gasteiger partial charge in [0.05, 0.1) is 0 Å². The smallest absolute Gasteiger partial charge is 0.0302 e. The lowest BCUT2D eigenvalue weighted by Gasteiger charge is -2.34. The van der Waals surface area contributed by atoms with Crippen molar-refractivity contribution in [3.8, 4) is 0 Å². The van der Waals surface area contributed by atoms with E-state index in [1.807, 2.05) is 11.3 Å². The molecule has 0 aliphatic carbocycles. The lowest BCUT2D eigenvalue weighted by atomic mass is 9.99. The van der Waals surface area contributed by atoms with Gasteiger partial charge in [-0.3, -0.25) is 4.90 Å². The highest BCUT2D eigenvalue weighted by Gasteiger charge is 2.22. The summed E-state index contributed by atoms with van der Waals surface area (Å²) in [6.45, 7) is 15.6. The maximum Gasteiger partial charge on any atom is 0.0302 e. The van der Waals surface area contributed by atoms with Crippen LogP contribution in [0.1, 0.15) is 56.4 Å². The standard InChI is InChI=1S/C16H30N2S/c1-8-16(5,6)18(7)11-14-9-15(19-13(14)4)10-17-12(2)3/h9,12,17H,8,10-11H2,1-7H3. The van der Waals surface area contributed by atoms with Crippen molar-refractivity contribution in [2.45, 2.75) is 72.6 Å². The molecule has 0 aliphatic heterocycles. The van der Waals surface area contributed by atoms with Gasteiger partial charge in [0.15, 0.2) is 0 Å². The summed E-state index contributed by atoms with van der Waals surface area (Å²) in [6, 6.07) is 2.92. The van der Waals surface area contributed by atoms with Gasteiger partial charge in [-0.1, -0.05) is 20.8 Å².